The van der Waals surface area contributed by atoms with Crippen molar-refractivity contribution in [1.82, 2.24) is 0 Å². The van der Waals surface area contributed by atoms with Crippen LogP contribution >= 0.6 is 0 Å². The van der Waals surface area contributed by atoms with Gasteiger partial charge in [0.1, 0.15) is 5.75 Å². The van der Waals surface area contributed by atoms with E-state index in [0.29, 0.717) is 0 Å². The predicted molar refractivity (Wildman–Crippen MR) is 141 cm³/mol. The molecule has 1 unspecified atom stereocenters. The van der Waals surface area contributed by atoms with Crippen LogP contribution in [0.4, 0.5) is 4.39 Å². The second-order valence-corrected chi connectivity index (χ2v) is 10.3. The second kappa shape index (κ2) is 8.88. The maximum Gasteiger partial charge on any atom is 0.165 e. The third-order valence-corrected chi connectivity index (χ3v) is 7.71. The number of hydrogen-bond acceptors (Lipinski definition) is 2. The first kappa shape index (κ1) is 24.5. The van der Waals surface area contributed by atoms with Gasteiger partial charge in [0, 0.05) is 10.8 Å². The van der Waals surface area contributed by atoms with Crippen LogP contribution in [0.25, 0.3) is 0 Å². The lowest BCUT2D eigenvalue weighted by Crippen LogP contribution is -2.26. The van der Waals surface area contributed by atoms with Crippen molar-refractivity contribution >= 4 is 0 Å². The van der Waals surface area contributed by atoms with Gasteiger partial charge in [-0.25, -0.2) is 4.39 Å². The van der Waals surface area contributed by atoms with E-state index in [4.69, 9.17) is 0 Å². The van der Waals surface area contributed by atoms with Crippen molar-refractivity contribution in [2.45, 2.75) is 52.4 Å². The highest BCUT2D eigenvalue weighted by atomic mass is 19.1. The zero-order valence-corrected chi connectivity index (χ0v) is 21.3. The molecule has 0 aliphatic carbocycles. The minimum Gasteiger partial charge on any atom is -0.508 e. The summed E-state index contributed by atoms with van der Waals surface area (Å²) >= 11 is 0. The van der Waals surface area contributed by atoms with Crippen LogP contribution in [0.5, 0.6) is 11.5 Å². The lowest BCUT2D eigenvalue weighted by atomic mass is 9.69. The standard InChI is InChI=1S/C32H33FO2/c1-20-7-8-26(17-21(20)2)32(6,27-14-15-29(34)22(3)18-27)24-11-9-23(10-12-24)31(4,5)25-13-16-30(35)28(33)19-25/h7-19,34-35H,1-6H3. The number of benzene rings is 4. The van der Waals surface area contributed by atoms with E-state index in [1.807, 2.05) is 13.0 Å². The average molecular weight is 469 g/mol. The van der Waals surface area contributed by atoms with Crippen molar-refractivity contribution in [1.29, 1.82) is 0 Å². The number of halogens is 1. The molecule has 0 aliphatic heterocycles. The summed E-state index contributed by atoms with van der Waals surface area (Å²) in [7, 11) is 0. The molecular formula is C32H33FO2. The first-order valence-corrected chi connectivity index (χ1v) is 11.9. The molecule has 2 N–H and O–H groups in total. The SMILES string of the molecule is Cc1ccc(C(C)(c2ccc(C(C)(C)c3ccc(O)c(F)c3)cc2)c2ccc(O)c(C)c2)cc1C. The van der Waals surface area contributed by atoms with Gasteiger partial charge in [-0.3, -0.25) is 0 Å². The van der Waals surface area contributed by atoms with Gasteiger partial charge >= 0.3 is 0 Å². The first-order valence-electron chi connectivity index (χ1n) is 11.9. The van der Waals surface area contributed by atoms with Crippen LogP contribution in [0.1, 0.15) is 65.3 Å². The smallest absolute Gasteiger partial charge is 0.165 e. The molecular weight excluding hydrogens is 435 g/mol. The Morgan fingerprint density at radius 1 is 0.514 bits per heavy atom. The van der Waals surface area contributed by atoms with Gasteiger partial charge in [0.05, 0.1) is 0 Å². The van der Waals surface area contributed by atoms with Crippen LogP contribution < -0.4 is 0 Å². The molecule has 0 amide bonds. The molecule has 4 rings (SSSR count). The minimum absolute atomic E-state index is 0.286. The molecule has 2 nitrogen and oxygen atoms in total. The van der Waals surface area contributed by atoms with Crippen LogP contribution in [0, 0.1) is 26.6 Å². The Labute approximate surface area is 207 Å². The first-order chi connectivity index (χ1) is 16.4. The average Bonchev–Trinajstić information content (AvgIpc) is 2.83. The van der Waals surface area contributed by atoms with Crippen molar-refractivity contribution in [3.8, 4) is 11.5 Å². The molecule has 4 aromatic rings. The number of hydrogen-bond donors (Lipinski definition) is 2. The van der Waals surface area contributed by atoms with Crippen LogP contribution in [-0.4, -0.2) is 10.2 Å². The summed E-state index contributed by atoms with van der Waals surface area (Å²) in [4.78, 5) is 0. The molecule has 0 bridgehead atoms. The van der Waals surface area contributed by atoms with Crippen LogP contribution in [-0.2, 0) is 10.8 Å². The highest BCUT2D eigenvalue weighted by Crippen LogP contribution is 2.42. The van der Waals surface area contributed by atoms with Gasteiger partial charge in [-0.1, -0.05) is 74.5 Å². The van der Waals surface area contributed by atoms with Crippen molar-refractivity contribution in [3.05, 3.63) is 129 Å². The third-order valence-electron chi connectivity index (χ3n) is 7.71. The molecule has 4 aromatic carbocycles. The normalized spacial score (nSPS) is 13.5. The third kappa shape index (κ3) is 4.32. The molecule has 0 saturated heterocycles. The van der Waals surface area contributed by atoms with E-state index in [1.54, 1.807) is 12.1 Å². The largest absolute Gasteiger partial charge is 0.508 e. The Morgan fingerprint density at radius 2 is 1.00 bits per heavy atom. The van der Waals surface area contributed by atoms with E-state index in [2.05, 4.69) is 83.1 Å². The Balaban J connectivity index is 1.84. The molecule has 0 aromatic heterocycles. The summed E-state index contributed by atoms with van der Waals surface area (Å²) < 4.78 is 14.1. The van der Waals surface area contributed by atoms with Gasteiger partial charge in [0.2, 0.25) is 0 Å². The van der Waals surface area contributed by atoms with Crippen LogP contribution in [0.3, 0.4) is 0 Å². The van der Waals surface area contributed by atoms with Crippen LogP contribution in [0.15, 0.2) is 78.9 Å². The molecule has 1 atom stereocenters. The van der Waals surface area contributed by atoms with Crippen molar-refractivity contribution in [3.63, 3.8) is 0 Å². The molecule has 0 aliphatic rings. The fourth-order valence-corrected chi connectivity index (χ4v) is 4.80. The number of phenolic OH excluding ortho intramolecular Hbond substituents is 2. The molecule has 0 saturated carbocycles. The Kier molecular flexibility index (Phi) is 6.23. The number of aryl methyl sites for hydroxylation is 3. The Morgan fingerprint density at radius 3 is 1.57 bits per heavy atom. The van der Waals surface area contributed by atoms with E-state index in [9.17, 15) is 14.6 Å². The van der Waals surface area contributed by atoms with E-state index in [0.717, 1.165) is 27.8 Å². The zero-order chi connectivity index (χ0) is 25.5. The molecule has 0 heterocycles. The monoisotopic (exact) mass is 468 g/mol. The molecule has 0 spiro atoms. The molecule has 0 radical (unpaired) electrons. The van der Waals surface area contributed by atoms with Gasteiger partial charge in [-0.05, 0) is 90.4 Å². The second-order valence-electron chi connectivity index (χ2n) is 10.3. The van der Waals surface area contributed by atoms with Crippen molar-refractivity contribution < 1.29 is 14.6 Å². The maximum atomic E-state index is 14.1. The summed E-state index contributed by atoms with van der Waals surface area (Å²) in [5.41, 5.74) is 7.69. The highest BCUT2D eigenvalue weighted by molar-refractivity contribution is 5.54. The quantitative estimate of drug-likeness (QED) is 0.293. The Bertz CT molecular complexity index is 1330. The summed E-state index contributed by atoms with van der Waals surface area (Å²) in [6.07, 6.45) is 0. The maximum absolute atomic E-state index is 14.1. The van der Waals surface area contributed by atoms with Gasteiger partial charge in [0.25, 0.3) is 0 Å². The number of phenols is 2. The summed E-state index contributed by atoms with van der Waals surface area (Å²) in [5.74, 6) is -0.667. The molecule has 35 heavy (non-hydrogen) atoms. The van der Waals surface area contributed by atoms with E-state index < -0.39 is 16.6 Å². The van der Waals surface area contributed by atoms with Crippen molar-refractivity contribution in [2.75, 3.05) is 0 Å². The van der Waals surface area contributed by atoms with Gasteiger partial charge in [-0.2, -0.15) is 0 Å². The molecule has 0 fully saturated rings. The highest BCUT2D eigenvalue weighted by Gasteiger charge is 2.33. The summed E-state index contributed by atoms with van der Waals surface area (Å²) in [6, 6.07) is 25.5. The fraction of sp³-hybridized carbons (Fsp3) is 0.250. The summed E-state index contributed by atoms with van der Waals surface area (Å²) in [5, 5.41) is 19.8. The van der Waals surface area contributed by atoms with E-state index in [1.165, 1.54) is 28.8 Å². The zero-order valence-electron chi connectivity index (χ0n) is 21.3. The molecule has 180 valence electrons. The predicted octanol–water partition coefficient (Wildman–Crippen LogP) is 7.84. The lowest BCUT2D eigenvalue weighted by Gasteiger charge is -2.34. The molecule has 3 heteroatoms. The van der Waals surface area contributed by atoms with E-state index in [-0.39, 0.29) is 11.5 Å². The van der Waals surface area contributed by atoms with Gasteiger partial charge < -0.3 is 10.2 Å². The van der Waals surface area contributed by atoms with Gasteiger partial charge in [0.15, 0.2) is 11.6 Å². The summed E-state index contributed by atoms with van der Waals surface area (Å²) in [6.45, 7) is 12.5. The van der Waals surface area contributed by atoms with Gasteiger partial charge in [-0.15, -0.1) is 0 Å². The van der Waals surface area contributed by atoms with E-state index >= 15 is 0 Å². The number of aromatic hydroxyl groups is 2. The number of rotatable bonds is 5. The Hall–Kier alpha value is -3.59. The lowest BCUT2D eigenvalue weighted by molar-refractivity contribution is 0.430. The van der Waals surface area contributed by atoms with Crippen molar-refractivity contribution in [2.24, 2.45) is 0 Å². The topological polar surface area (TPSA) is 40.5 Å². The fourth-order valence-electron chi connectivity index (χ4n) is 4.80. The minimum atomic E-state index is -0.614. The van der Waals surface area contributed by atoms with Crippen LogP contribution in [0.2, 0.25) is 0 Å².